The van der Waals surface area contributed by atoms with Gasteiger partial charge in [0.1, 0.15) is 0 Å². The average Bonchev–Trinajstić information content (AvgIpc) is 2.26. The third-order valence-electron chi connectivity index (χ3n) is 2.04. The van der Waals surface area contributed by atoms with Crippen LogP contribution in [0.4, 0.5) is 0 Å². The molecule has 76 valence electrons. The van der Waals surface area contributed by atoms with Gasteiger partial charge in [-0.1, -0.05) is 42.1 Å². The van der Waals surface area contributed by atoms with Crippen LogP contribution >= 0.6 is 23.5 Å². The summed E-state index contributed by atoms with van der Waals surface area (Å²) >= 11 is 3.04. The molecule has 0 saturated heterocycles. The third-order valence-corrected chi connectivity index (χ3v) is 3.67. The Bertz CT molecular complexity index is 285. The van der Waals surface area contributed by atoms with E-state index in [0.29, 0.717) is 11.7 Å². The zero-order valence-corrected chi connectivity index (χ0v) is 10.0. The molecular weight excluding hydrogens is 212 g/mol. The molecule has 0 radical (unpaired) electrons. The van der Waals surface area contributed by atoms with E-state index >= 15 is 0 Å². The van der Waals surface area contributed by atoms with Crippen molar-refractivity contribution in [2.24, 2.45) is 0 Å². The zero-order chi connectivity index (χ0) is 10.4. The lowest BCUT2D eigenvalue weighted by Gasteiger charge is -2.12. The molecule has 0 bridgehead atoms. The van der Waals surface area contributed by atoms with E-state index < -0.39 is 0 Å². The molecule has 0 heterocycles. The first-order valence-corrected chi connectivity index (χ1v) is 6.93. The van der Waals surface area contributed by atoms with Gasteiger partial charge >= 0.3 is 0 Å². The molecule has 0 aliphatic carbocycles. The molecule has 0 aliphatic heterocycles. The Kier molecular flexibility index (Phi) is 5.12. The van der Waals surface area contributed by atoms with Crippen LogP contribution in [-0.4, -0.2) is 17.6 Å². The first-order chi connectivity index (χ1) is 6.77. The fraction of sp³-hybridized carbons (Fsp3) is 0.364. The number of carbonyl (C=O) groups excluding carboxylic acids is 1. The van der Waals surface area contributed by atoms with E-state index in [4.69, 9.17) is 0 Å². The number of thioether (sulfide) groups is 2. The van der Waals surface area contributed by atoms with Crippen molar-refractivity contribution in [3.8, 4) is 0 Å². The largest absolute Gasteiger partial charge is 0.287 e. The minimum absolute atomic E-state index is 0.258. The molecule has 0 spiro atoms. The first kappa shape index (κ1) is 11.7. The second-order valence-electron chi connectivity index (χ2n) is 2.92. The van der Waals surface area contributed by atoms with Crippen molar-refractivity contribution >= 4 is 28.6 Å². The van der Waals surface area contributed by atoms with Gasteiger partial charge in [0.05, 0.1) is 0 Å². The Morgan fingerprint density at radius 2 is 1.93 bits per heavy atom. The Morgan fingerprint density at radius 3 is 2.43 bits per heavy atom. The molecule has 1 rings (SSSR count). The number of rotatable bonds is 4. The van der Waals surface area contributed by atoms with Gasteiger partial charge in [-0.3, -0.25) is 4.79 Å². The topological polar surface area (TPSA) is 17.1 Å². The highest BCUT2D eigenvalue weighted by Gasteiger charge is 2.13. The summed E-state index contributed by atoms with van der Waals surface area (Å²) in [4.78, 5) is 11.3. The summed E-state index contributed by atoms with van der Waals surface area (Å²) in [5.74, 6) is 0. The standard InChI is InChI=1S/C11H14OS2/c1-13-10(8-11(12)14-2)9-6-4-3-5-7-9/h3-7,10H,8H2,1-2H3. The lowest BCUT2D eigenvalue weighted by Crippen LogP contribution is -2.00. The number of benzene rings is 1. The van der Waals surface area contributed by atoms with E-state index in [1.165, 1.54) is 17.3 Å². The fourth-order valence-electron chi connectivity index (χ4n) is 1.24. The third kappa shape index (κ3) is 3.39. The summed E-state index contributed by atoms with van der Waals surface area (Å²) in [6.45, 7) is 0. The lowest BCUT2D eigenvalue weighted by molar-refractivity contribution is -0.110. The Morgan fingerprint density at radius 1 is 1.29 bits per heavy atom. The average molecular weight is 226 g/mol. The van der Waals surface area contributed by atoms with Crippen LogP contribution in [0.5, 0.6) is 0 Å². The monoisotopic (exact) mass is 226 g/mol. The van der Waals surface area contributed by atoms with Crippen LogP contribution in [0.1, 0.15) is 17.2 Å². The van der Waals surface area contributed by atoms with Crippen LogP contribution < -0.4 is 0 Å². The van der Waals surface area contributed by atoms with Crippen molar-refractivity contribution in [1.29, 1.82) is 0 Å². The van der Waals surface area contributed by atoms with Crippen molar-refractivity contribution in [2.75, 3.05) is 12.5 Å². The molecule has 0 fully saturated rings. The fourth-order valence-corrected chi connectivity index (χ4v) is 2.43. The van der Waals surface area contributed by atoms with Gasteiger partial charge in [0.15, 0.2) is 5.12 Å². The molecule has 1 aromatic carbocycles. The molecule has 1 aromatic rings. The highest BCUT2D eigenvalue weighted by Crippen LogP contribution is 2.31. The maximum atomic E-state index is 11.3. The van der Waals surface area contributed by atoms with Gasteiger partial charge in [-0.25, -0.2) is 0 Å². The van der Waals surface area contributed by atoms with Gasteiger partial charge in [-0.2, -0.15) is 11.8 Å². The molecule has 1 nitrogen and oxygen atoms in total. The second kappa shape index (κ2) is 6.14. The van der Waals surface area contributed by atoms with E-state index in [1.807, 2.05) is 30.7 Å². The minimum atomic E-state index is 0.258. The van der Waals surface area contributed by atoms with Gasteiger partial charge in [-0.15, -0.1) is 0 Å². The Labute approximate surface area is 93.7 Å². The molecule has 1 atom stereocenters. The highest BCUT2D eigenvalue weighted by molar-refractivity contribution is 8.13. The summed E-state index contributed by atoms with van der Waals surface area (Å²) in [6, 6.07) is 10.2. The van der Waals surface area contributed by atoms with Gasteiger partial charge in [0, 0.05) is 11.7 Å². The lowest BCUT2D eigenvalue weighted by atomic mass is 10.1. The summed E-state index contributed by atoms with van der Waals surface area (Å²) in [5, 5.41) is 0.560. The predicted octanol–water partition coefficient (Wildman–Crippen LogP) is 3.37. The SMILES string of the molecule is CSC(=O)CC(SC)c1ccccc1. The summed E-state index contributed by atoms with van der Waals surface area (Å²) in [5.41, 5.74) is 1.24. The number of carbonyl (C=O) groups is 1. The van der Waals surface area contributed by atoms with E-state index in [0.717, 1.165) is 0 Å². The van der Waals surface area contributed by atoms with E-state index in [9.17, 15) is 4.79 Å². The quantitative estimate of drug-likeness (QED) is 0.783. The molecule has 0 aromatic heterocycles. The van der Waals surface area contributed by atoms with E-state index in [1.54, 1.807) is 11.8 Å². The highest BCUT2D eigenvalue weighted by atomic mass is 32.2. The minimum Gasteiger partial charge on any atom is -0.287 e. The first-order valence-electron chi connectivity index (χ1n) is 4.42. The molecule has 0 aliphatic rings. The number of hydrogen-bond donors (Lipinski definition) is 0. The smallest absolute Gasteiger partial charge is 0.190 e. The van der Waals surface area contributed by atoms with Crippen molar-refractivity contribution in [2.45, 2.75) is 11.7 Å². The zero-order valence-electron chi connectivity index (χ0n) is 8.40. The summed E-state index contributed by atoms with van der Waals surface area (Å²) < 4.78 is 0. The van der Waals surface area contributed by atoms with Gasteiger partial charge < -0.3 is 0 Å². The Hall–Kier alpha value is -0.410. The molecule has 1 unspecified atom stereocenters. The van der Waals surface area contributed by atoms with Crippen LogP contribution in [-0.2, 0) is 4.79 Å². The second-order valence-corrected chi connectivity index (χ2v) is 4.82. The summed E-state index contributed by atoms with van der Waals surface area (Å²) in [6.07, 6.45) is 4.50. The van der Waals surface area contributed by atoms with Gasteiger partial charge in [0.25, 0.3) is 0 Å². The van der Waals surface area contributed by atoms with Crippen molar-refractivity contribution in [1.82, 2.24) is 0 Å². The predicted molar refractivity (Wildman–Crippen MR) is 65.8 cm³/mol. The summed E-state index contributed by atoms with van der Waals surface area (Å²) in [7, 11) is 0. The maximum Gasteiger partial charge on any atom is 0.190 e. The van der Waals surface area contributed by atoms with Crippen LogP contribution in [0.15, 0.2) is 30.3 Å². The Balaban J connectivity index is 2.68. The van der Waals surface area contributed by atoms with Gasteiger partial charge in [0.2, 0.25) is 0 Å². The van der Waals surface area contributed by atoms with E-state index in [2.05, 4.69) is 12.1 Å². The van der Waals surface area contributed by atoms with Crippen LogP contribution in [0.25, 0.3) is 0 Å². The molecule has 14 heavy (non-hydrogen) atoms. The van der Waals surface area contributed by atoms with Crippen molar-refractivity contribution in [3.63, 3.8) is 0 Å². The van der Waals surface area contributed by atoms with Crippen molar-refractivity contribution < 1.29 is 4.79 Å². The van der Waals surface area contributed by atoms with Crippen LogP contribution in [0, 0.1) is 0 Å². The molecule has 0 amide bonds. The van der Waals surface area contributed by atoms with Crippen molar-refractivity contribution in [3.05, 3.63) is 35.9 Å². The normalized spacial score (nSPS) is 12.4. The molecule has 0 N–H and O–H groups in total. The molecular formula is C11H14OS2. The van der Waals surface area contributed by atoms with Gasteiger partial charge in [-0.05, 0) is 18.1 Å². The van der Waals surface area contributed by atoms with Crippen LogP contribution in [0.2, 0.25) is 0 Å². The van der Waals surface area contributed by atoms with Crippen LogP contribution in [0.3, 0.4) is 0 Å². The maximum absolute atomic E-state index is 11.3. The molecule has 3 heteroatoms. The molecule has 0 saturated carbocycles. The van der Waals surface area contributed by atoms with E-state index in [-0.39, 0.29) is 5.12 Å². The number of hydrogen-bond acceptors (Lipinski definition) is 3.